The summed E-state index contributed by atoms with van der Waals surface area (Å²) in [5, 5.41) is 15.4. The second-order valence-corrected chi connectivity index (χ2v) is 5.52. The highest BCUT2D eigenvalue weighted by atomic mass is 35.5. The fourth-order valence-corrected chi connectivity index (χ4v) is 2.65. The largest absolute Gasteiger partial charge is 0.507 e. The Labute approximate surface area is 133 Å². The molecule has 4 heteroatoms. The first kappa shape index (κ1) is 14.4. The van der Waals surface area contributed by atoms with Gasteiger partial charge in [0.25, 0.3) is 5.91 Å². The number of benzene rings is 3. The van der Waals surface area contributed by atoms with E-state index in [1.54, 1.807) is 37.3 Å². The molecular weight excluding hydrogens is 298 g/mol. The van der Waals surface area contributed by atoms with Gasteiger partial charge in [0, 0.05) is 10.7 Å². The van der Waals surface area contributed by atoms with Gasteiger partial charge >= 0.3 is 0 Å². The first-order valence-corrected chi connectivity index (χ1v) is 7.22. The first-order valence-electron chi connectivity index (χ1n) is 6.84. The highest BCUT2D eigenvalue weighted by molar-refractivity contribution is 6.31. The van der Waals surface area contributed by atoms with Gasteiger partial charge in [0.1, 0.15) is 5.75 Å². The van der Waals surface area contributed by atoms with Crippen molar-refractivity contribution in [3.63, 3.8) is 0 Å². The van der Waals surface area contributed by atoms with E-state index >= 15 is 0 Å². The average Bonchev–Trinajstić information content (AvgIpc) is 2.51. The zero-order chi connectivity index (χ0) is 15.7. The standard InChI is InChI=1S/C18H14ClNO2/c1-11-15-8-3-2-5-12(15)9-16(17(11)21)18(22)20-14-7-4-6-13(19)10-14/h2-10,21H,1H3,(H,20,22). The number of carbonyl (C=O) groups is 1. The van der Waals surface area contributed by atoms with Gasteiger partial charge in [-0.25, -0.2) is 0 Å². The Kier molecular flexibility index (Phi) is 3.73. The van der Waals surface area contributed by atoms with Crippen LogP contribution in [0.3, 0.4) is 0 Å². The van der Waals surface area contributed by atoms with Crippen molar-refractivity contribution in [2.75, 3.05) is 5.32 Å². The van der Waals surface area contributed by atoms with Crippen molar-refractivity contribution < 1.29 is 9.90 Å². The van der Waals surface area contributed by atoms with Crippen molar-refractivity contribution in [3.05, 3.63) is 70.7 Å². The van der Waals surface area contributed by atoms with Crippen LogP contribution in [0.2, 0.25) is 5.02 Å². The fourth-order valence-electron chi connectivity index (χ4n) is 2.46. The Morgan fingerprint density at radius 3 is 2.64 bits per heavy atom. The maximum Gasteiger partial charge on any atom is 0.259 e. The van der Waals surface area contributed by atoms with Crippen LogP contribution in [0.15, 0.2) is 54.6 Å². The van der Waals surface area contributed by atoms with Crippen molar-refractivity contribution in [1.29, 1.82) is 0 Å². The molecule has 3 rings (SSSR count). The third-order valence-corrected chi connectivity index (χ3v) is 3.84. The number of rotatable bonds is 2. The number of fused-ring (bicyclic) bond motifs is 1. The summed E-state index contributed by atoms with van der Waals surface area (Å²) in [4.78, 5) is 12.4. The lowest BCUT2D eigenvalue weighted by molar-refractivity contribution is 0.102. The van der Waals surface area contributed by atoms with E-state index < -0.39 is 0 Å². The lowest BCUT2D eigenvalue weighted by atomic mass is 10.00. The zero-order valence-electron chi connectivity index (χ0n) is 11.9. The number of halogens is 1. The van der Waals surface area contributed by atoms with E-state index in [0.717, 1.165) is 10.8 Å². The van der Waals surface area contributed by atoms with Crippen molar-refractivity contribution in [2.45, 2.75) is 6.92 Å². The monoisotopic (exact) mass is 311 g/mol. The molecule has 0 aliphatic rings. The minimum atomic E-state index is -0.367. The molecule has 0 saturated heterocycles. The number of hydrogen-bond acceptors (Lipinski definition) is 2. The van der Waals surface area contributed by atoms with Crippen LogP contribution in [0.4, 0.5) is 5.69 Å². The minimum Gasteiger partial charge on any atom is -0.507 e. The molecule has 22 heavy (non-hydrogen) atoms. The summed E-state index contributed by atoms with van der Waals surface area (Å²) in [6.45, 7) is 1.80. The highest BCUT2D eigenvalue weighted by Crippen LogP contribution is 2.31. The molecule has 0 unspecified atom stereocenters. The Morgan fingerprint density at radius 1 is 1.09 bits per heavy atom. The van der Waals surface area contributed by atoms with Crippen LogP contribution in [0, 0.1) is 6.92 Å². The molecule has 2 N–H and O–H groups in total. The third kappa shape index (κ3) is 2.63. The lowest BCUT2D eigenvalue weighted by Crippen LogP contribution is -2.12. The number of aryl methyl sites for hydroxylation is 1. The Hall–Kier alpha value is -2.52. The Balaban J connectivity index is 2.02. The molecule has 0 radical (unpaired) electrons. The molecule has 1 amide bonds. The molecule has 0 aliphatic heterocycles. The van der Waals surface area contributed by atoms with E-state index in [1.807, 2.05) is 24.3 Å². The predicted molar refractivity (Wildman–Crippen MR) is 89.8 cm³/mol. The summed E-state index contributed by atoms with van der Waals surface area (Å²) in [5.74, 6) is -0.369. The number of anilines is 1. The summed E-state index contributed by atoms with van der Waals surface area (Å²) in [6, 6.07) is 16.2. The second-order valence-electron chi connectivity index (χ2n) is 5.08. The Bertz CT molecular complexity index is 874. The number of amides is 1. The SMILES string of the molecule is Cc1c(O)c(C(=O)Nc2cccc(Cl)c2)cc2ccccc12. The van der Waals surface area contributed by atoms with E-state index in [0.29, 0.717) is 16.3 Å². The smallest absolute Gasteiger partial charge is 0.259 e. The second kappa shape index (κ2) is 5.70. The number of carbonyl (C=O) groups excluding carboxylic acids is 1. The molecule has 0 aromatic heterocycles. The van der Waals surface area contributed by atoms with E-state index in [9.17, 15) is 9.90 Å². The molecule has 3 aromatic rings. The van der Waals surface area contributed by atoms with Gasteiger partial charge in [-0.3, -0.25) is 4.79 Å². The normalized spacial score (nSPS) is 10.6. The fraction of sp³-hybridized carbons (Fsp3) is 0.0556. The van der Waals surface area contributed by atoms with Crippen molar-refractivity contribution in [3.8, 4) is 5.75 Å². The number of phenolic OH excluding ortho intramolecular Hbond substituents is 1. The van der Waals surface area contributed by atoms with Gasteiger partial charge in [-0.05, 0) is 47.5 Å². The summed E-state index contributed by atoms with van der Waals surface area (Å²) in [7, 11) is 0. The summed E-state index contributed by atoms with van der Waals surface area (Å²) in [5.41, 5.74) is 1.52. The summed E-state index contributed by atoms with van der Waals surface area (Å²) in [6.07, 6.45) is 0. The van der Waals surface area contributed by atoms with Gasteiger partial charge in [-0.15, -0.1) is 0 Å². The van der Waals surface area contributed by atoms with Gasteiger partial charge in [0.15, 0.2) is 0 Å². The van der Waals surface area contributed by atoms with Crippen LogP contribution < -0.4 is 5.32 Å². The van der Waals surface area contributed by atoms with Gasteiger partial charge < -0.3 is 10.4 Å². The summed E-state index contributed by atoms with van der Waals surface area (Å²) < 4.78 is 0. The molecule has 0 atom stereocenters. The van der Waals surface area contributed by atoms with Gasteiger partial charge in [0.2, 0.25) is 0 Å². The molecular formula is C18H14ClNO2. The van der Waals surface area contributed by atoms with Crippen molar-refractivity contribution >= 4 is 34.0 Å². The minimum absolute atomic E-state index is 0.00164. The van der Waals surface area contributed by atoms with Crippen LogP contribution in [-0.4, -0.2) is 11.0 Å². The predicted octanol–water partition coefficient (Wildman–Crippen LogP) is 4.76. The number of nitrogens with one attached hydrogen (secondary N) is 1. The molecule has 0 bridgehead atoms. The van der Waals surface area contributed by atoms with E-state index in [-0.39, 0.29) is 17.2 Å². The van der Waals surface area contributed by atoms with E-state index in [2.05, 4.69) is 5.32 Å². The Morgan fingerprint density at radius 2 is 1.86 bits per heavy atom. The van der Waals surface area contributed by atoms with Crippen LogP contribution in [0.5, 0.6) is 5.75 Å². The maximum atomic E-state index is 12.4. The number of phenols is 1. The summed E-state index contributed by atoms with van der Waals surface area (Å²) >= 11 is 5.91. The van der Waals surface area contributed by atoms with Gasteiger partial charge in [-0.2, -0.15) is 0 Å². The van der Waals surface area contributed by atoms with Crippen LogP contribution in [0.1, 0.15) is 15.9 Å². The van der Waals surface area contributed by atoms with E-state index in [1.165, 1.54) is 0 Å². The zero-order valence-corrected chi connectivity index (χ0v) is 12.7. The maximum absolute atomic E-state index is 12.4. The number of hydrogen-bond donors (Lipinski definition) is 2. The molecule has 3 nitrogen and oxygen atoms in total. The molecule has 0 spiro atoms. The molecule has 0 saturated carbocycles. The topological polar surface area (TPSA) is 49.3 Å². The lowest BCUT2D eigenvalue weighted by Gasteiger charge is -2.11. The van der Waals surface area contributed by atoms with Gasteiger partial charge in [-0.1, -0.05) is 41.9 Å². The molecule has 3 aromatic carbocycles. The van der Waals surface area contributed by atoms with Crippen LogP contribution >= 0.6 is 11.6 Å². The molecule has 0 aliphatic carbocycles. The molecule has 0 fully saturated rings. The third-order valence-electron chi connectivity index (χ3n) is 3.60. The molecule has 0 heterocycles. The highest BCUT2D eigenvalue weighted by Gasteiger charge is 2.16. The van der Waals surface area contributed by atoms with Crippen LogP contribution in [-0.2, 0) is 0 Å². The number of aromatic hydroxyl groups is 1. The van der Waals surface area contributed by atoms with Gasteiger partial charge in [0.05, 0.1) is 5.56 Å². The molecule has 110 valence electrons. The first-order chi connectivity index (χ1) is 10.6. The quantitative estimate of drug-likeness (QED) is 0.717. The van der Waals surface area contributed by atoms with Crippen molar-refractivity contribution in [2.24, 2.45) is 0 Å². The van der Waals surface area contributed by atoms with Crippen molar-refractivity contribution in [1.82, 2.24) is 0 Å². The van der Waals surface area contributed by atoms with Crippen LogP contribution in [0.25, 0.3) is 10.8 Å². The average molecular weight is 312 g/mol. The van der Waals surface area contributed by atoms with E-state index in [4.69, 9.17) is 11.6 Å².